The highest BCUT2D eigenvalue weighted by Gasteiger charge is 2.16. The average molecular weight is 169 g/mol. The number of nitrogens with zero attached hydrogens (tertiary/aromatic N) is 1. The maximum atomic E-state index is 5.16. The molecule has 1 heterocycles. The number of unbranched alkanes of at least 4 members (excludes halogenated alkanes) is 1. The van der Waals surface area contributed by atoms with Crippen LogP contribution < -0.4 is 0 Å². The summed E-state index contributed by atoms with van der Waals surface area (Å²) in [5, 5.41) is 3.89. The minimum atomic E-state index is 0.389. The van der Waals surface area contributed by atoms with Gasteiger partial charge in [0.2, 0.25) is 0 Å². The zero-order chi connectivity index (χ0) is 9.40. The molecule has 0 fully saturated rings. The van der Waals surface area contributed by atoms with Gasteiger partial charge < -0.3 is 4.84 Å². The molecule has 12 heavy (non-hydrogen) atoms. The molecule has 0 spiro atoms. The first-order valence-corrected chi connectivity index (χ1v) is 4.52. The van der Waals surface area contributed by atoms with Gasteiger partial charge in [-0.3, -0.25) is 0 Å². The predicted octanol–water partition coefficient (Wildman–Crippen LogP) is 3.14. The number of rotatable bonds is 3. The van der Waals surface area contributed by atoms with E-state index >= 15 is 0 Å². The van der Waals surface area contributed by atoms with E-state index in [0.29, 0.717) is 6.10 Å². The molecule has 0 aromatic carbocycles. The summed E-state index contributed by atoms with van der Waals surface area (Å²) in [6.45, 7) is 10.2. The van der Waals surface area contributed by atoms with Crippen LogP contribution in [0.25, 0.3) is 0 Å². The van der Waals surface area contributed by atoms with Crippen LogP contribution >= 0.6 is 0 Å². The molecule has 0 aromatic heterocycles. The van der Waals surface area contributed by atoms with Crippen molar-refractivity contribution >= 4 is 5.71 Å². The quantitative estimate of drug-likeness (QED) is 0.595. The van der Waals surface area contributed by atoms with Crippen molar-refractivity contribution in [2.75, 3.05) is 0 Å². The van der Waals surface area contributed by atoms with Crippen molar-refractivity contribution < 1.29 is 4.84 Å². The van der Waals surface area contributed by atoms with Crippen molar-refractivity contribution in [1.82, 2.24) is 0 Å². The third kappa shape index (κ3) is 4.16. The fourth-order valence-electron chi connectivity index (χ4n) is 1.16. The second-order valence-electron chi connectivity index (χ2n) is 2.90. The molecule has 1 atom stereocenters. The van der Waals surface area contributed by atoms with Gasteiger partial charge in [-0.25, -0.2) is 0 Å². The van der Waals surface area contributed by atoms with Gasteiger partial charge >= 0.3 is 0 Å². The van der Waals surface area contributed by atoms with E-state index in [2.05, 4.69) is 25.2 Å². The molecule has 0 aromatic rings. The second kappa shape index (κ2) is 6.89. The number of hydrogen-bond acceptors (Lipinski definition) is 2. The Morgan fingerprint density at radius 1 is 1.58 bits per heavy atom. The van der Waals surface area contributed by atoms with E-state index in [9.17, 15) is 0 Å². The predicted molar refractivity (Wildman–Crippen MR) is 53.4 cm³/mol. The highest BCUT2D eigenvalue weighted by molar-refractivity contribution is 5.82. The Balaban J connectivity index is 0.000000561. The van der Waals surface area contributed by atoms with Gasteiger partial charge in [0.15, 0.2) is 0 Å². The average Bonchev–Trinajstić information content (AvgIpc) is 2.51. The van der Waals surface area contributed by atoms with Gasteiger partial charge in [0.25, 0.3) is 0 Å². The van der Waals surface area contributed by atoms with Crippen molar-refractivity contribution in [1.29, 1.82) is 0 Å². The molecular formula is C10H19NO. The number of hydrogen-bond donors (Lipinski definition) is 0. The minimum Gasteiger partial charge on any atom is -0.392 e. The van der Waals surface area contributed by atoms with Crippen molar-refractivity contribution in [3.8, 4) is 0 Å². The van der Waals surface area contributed by atoms with Crippen LogP contribution in [0.1, 0.15) is 39.5 Å². The molecule has 0 N–H and O–H groups in total. The standard InChI is InChI=1S/C8H15NO.C2H4/c1-3-4-5-8-6-7(2)9-10-8;1-2/h8H,3-6H2,1-2H3;1-2H2/t8-;/m1./s1. The Kier molecular flexibility index (Phi) is 6.44. The summed E-state index contributed by atoms with van der Waals surface area (Å²) in [6, 6.07) is 0. The van der Waals surface area contributed by atoms with Gasteiger partial charge in [0, 0.05) is 6.42 Å². The molecule has 0 saturated heterocycles. The van der Waals surface area contributed by atoms with Gasteiger partial charge in [0.1, 0.15) is 6.10 Å². The normalized spacial score (nSPS) is 20.5. The topological polar surface area (TPSA) is 21.6 Å². The van der Waals surface area contributed by atoms with Crippen molar-refractivity contribution in [3.05, 3.63) is 13.2 Å². The Morgan fingerprint density at radius 3 is 2.67 bits per heavy atom. The lowest BCUT2D eigenvalue weighted by atomic mass is 10.1. The van der Waals surface area contributed by atoms with E-state index < -0.39 is 0 Å². The molecule has 0 radical (unpaired) electrons. The second-order valence-corrected chi connectivity index (χ2v) is 2.90. The maximum absolute atomic E-state index is 5.16. The lowest BCUT2D eigenvalue weighted by molar-refractivity contribution is 0.0774. The molecule has 0 aliphatic carbocycles. The Labute approximate surface area is 75.3 Å². The summed E-state index contributed by atoms with van der Waals surface area (Å²) in [4.78, 5) is 5.16. The SMILES string of the molecule is C=C.CCCC[C@@H]1CC(C)=NO1. The van der Waals surface area contributed by atoms with Gasteiger partial charge in [0.05, 0.1) is 5.71 Å². The third-order valence-electron chi connectivity index (χ3n) is 1.76. The molecule has 0 saturated carbocycles. The summed E-state index contributed by atoms with van der Waals surface area (Å²) >= 11 is 0. The first-order chi connectivity index (χ1) is 5.83. The van der Waals surface area contributed by atoms with Gasteiger partial charge in [-0.1, -0.05) is 18.5 Å². The molecule has 0 bridgehead atoms. The first kappa shape index (κ1) is 11.2. The van der Waals surface area contributed by atoms with E-state index in [1.807, 2.05) is 6.92 Å². The summed E-state index contributed by atoms with van der Waals surface area (Å²) in [5.74, 6) is 0. The van der Waals surface area contributed by atoms with E-state index in [0.717, 1.165) is 18.6 Å². The highest BCUT2D eigenvalue weighted by Crippen LogP contribution is 2.15. The van der Waals surface area contributed by atoms with E-state index in [1.165, 1.54) is 12.8 Å². The highest BCUT2D eigenvalue weighted by atomic mass is 16.6. The van der Waals surface area contributed by atoms with Crippen LogP contribution in [0.15, 0.2) is 18.3 Å². The van der Waals surface area contributed by atoms with E-state index in [1.54, 1.807) is 0 Å². The summed E-state index contributed by atoms with van der Waals surface area (Å²) in [7, 11) is 0. The van der Waals surface area contributed by atoms with Crippen LogP contribution in [-0.4, -0.2) is 11.8 Å². The Hall–Kier alpha value is -0.790. The molecule has 1 rings (SSSR count). The summed E-state index contributed by atoms with van der Waals surface area (Å²) in [5.41, 5.74) is 1.14. The fourth-order valence-corrected chi connectivity index (χ4v) is 1.16. The van der Waals surface area contributed by atoms with Gasteiger partial charge in [-0.2, -0.15) is 0 Å². The molecule has 70 valence electrons. The largest absolute Gasteiger partial charge is 0.392 e. The third-order valence-corrected chi connectivity index (χ3v) is 1.76. The van der Waals surface area contributed by atoms with Crippen molar-refractivity contribution in [2.45, 2.75) is 45.6 Å². The van der Waals surface area contributed by atoms with Crippen LogP contribution in [-0.2, 0) is 4.84 Å². The smallest absolute Gasteiger partial charge is 0.132 e. The van der Waals surface area contributed by atoms with Crippen LogP contribution in [0.2, 0.25) is 0 Å². The molecule has 2 nitrogen and oxygen atoms in total. The molecule has 0 unspecified atom stereocenters. The van der Waals surface area contributed by atoms with Crippen molar-refractivity contribution in [2.24, 2.45) is 5.16 Å². The van der Waals surface area contributed by atoms with Crippen LogP contribution in [0.3, 0.4) is 0 Å². The molecule has 2 heteroatoms. The lowest BCUT2D eigenvalue weighted by Crippen LogP contribution is -2.05. The van der Waals surface area contributed by atoms with Crippen LogP contribution in [0, 0.1) is 0 Å². The van der Waals surface area contributed by atoms with E-state index in [-0.39, 0.29) is 0 Å². The molecule has 0 amide bonds. The summed E-state index contributed by atoms with van der Waals surface area (Å²) < 4.78 is 0. The van der Waals surface area contributed by atoms with E-state index in [4.69, 9.17) is 4.84 Å². The van der Waals surface area contributed by atoms with Crippen molar-refractivity contribution in [3.63, 3.8) is 0 Å². The monoisotopic (exact) mass is 169 g/mol. The van der Waals surface area contributed by atoms with Crippen LogP contribution in [0.4, 0.5) is 0 Å². The zero-order valence-electron chi connectivity index (χ0n) is 8.18. The van der Waals surface area contributed by atoms with Gasteiger partial charge in [-0.15, -0.1) is 13.2 Å². The Bertz CT molecular complexity index is 143. The Morgan fingerprint density at radius 2 is 2.25 bits per heavy atom. The molecular weight excluding hydrogens is 150 g/mol. The lowest BCUT2D eigenvalue weighted by Gasteiger charge is -2.04. The van der Waals surface area contributed by atoms with Gasteiger partial charge in [-0.05, 0) is 19.8 Å². The molecule has 1 aliphatic rings. The summed E-state index contributed by atoms with van der Waals surface area (Å²) in [6.07, 6.45) is 5.10. The van der Waals surface area contributed by atoms with Crippen LogP contribution in [0.5, 0.6) is 0 Å². The maximum Gasteiger partial charge on any atom is 0.132 e. The first-order valence-electron chi connectivity index (χ1n) is 4.52. The minimum absolute atomic E-state index is 0.389. The number of oxime groups is 1. The molecule has 1 aliphatic heterocycles. The fraction of sp³-hybridized carbons (Fsp3) is 0.700. The zero-order valence-corrected chi connectivity index (χ0v) is 8.18.